The Morgan fingerprint density at radius 1 is 1.28 bits per heavy atom. The summed E-state index contributed by atoms with van der Waals surface area (Å²) >= 11 is 0. The SMILES string of the molecule is CS(=O)(=O)N1CCCC(C(=O)N(Cc2ccc(F)cc2F)C2CC2)C1. The summed E-state index contributed by atoms with van der Waals surface area (Å²) in [4.78, 5) is 14.6. The van der Waals surface area contributed by atoms with Gasteiger partial charge in [-0.15, -0.1) is 0 Å². The van der Waals surface area contributed by atoms with Crippen molar-refractivity contribution in [3.63, 3.8) is 0 Å². The molecular formula is C17H22F2N2O3S. The molecule has 0 bridgehead atoms. The average molecular weight is 372 g/mol. The molecule has 1 heterocycles. The topological polar surface area (TPSA) is 57.7 Å². The maximum atomic E-state index is 14.0. The number of carbonyl (C=O) groups excluding carboxylic acids is 1. The molecule has 1 aromatic rings. The van der Waals surface area contributed by atoms with E-state index >= 15 is 0 Å². The fraction of sp³-hybridized carbons (Fsp3) is 0.588. The van der Waals surface area contributed by atoms with Crippen molar-refractivity contribution in [3.8, 4) is 0 Å². The Labute approximate surface area is 146 Å². The fourth-order valence-corrected chi connectivity index (χ4v) is 4.20. The van der Waals surface area contributed by atoms with Gasteiger partial charge in [-0.3, -0.25) is 4.79 Å². The maximum Gasteiger partial charge on any atom is 0.227 e. The van der Waals surface area contributed by atoms with Crippen molar-refractivity contribution in [1.29, 1.82) is 0 Å². The zero-order chi connectivity index (χ0) is 18.2. The second-order valence-electron chi connectivity index (χ2n) is 6.89. The number of rotatable bonds is 5. The van der Waals surface area contributed by atoms with Gasteiger partial charge in [0.2, 0.25) is 15.9 Å². The molecule has 8 heteroatoms. The molecule has 1 unspecified atom stereocenters. The summed E-state index contributed by atoms with van der Waals surface area (Å²) in [6.45, 7) is 0.691. The number of amides is 1. The number of hydrogen-bond acceptors (Lipinski definition) is 3. The molecule has 1 saturated heterocycles. The van der Waals surface area contributed by atoms with E-state index in [2.05, 4.69) is 0 Å². The second-order valence-corrected chi connectivity index (χ2v) is 8.88. The summed E-state index contributed by atoms with van der Waals surface area (Å²) in [6, 6.07) is 3.42. The summed E-state index contributed by atoms with van der Waals surface area (Å²) in [5, 5.41) is 0. The smallest absolute Gasteiger partial charge is 0.227 e. The van der Waals surface area contributed by atoms with Crippen LogP contribution in [0.15, 0.2) is 18.2 Å². The first kappa shape index (κ1) is 18.3. The lowest BCUT2D eigenvalue weighted by Gasteiger charge is -2.34. The van der Waals surface area contributed by atoms with E-state index in [1.165, 1.54) is 16.4 Å². The molecule has 5 nitrogen and oxygen atoms in total. The van der Waals surface area contributed by atoms with Crippen LogP contribution in [-0.2, 0) is 21.4 Å². The lowest BCUT2D eigenvalue weighted by atomic mass is 9.97. The Balaban J connectivity index is 1.75. The zero-order valence-corrected chi connectivity index (χ0v) is 14.9. The molecule has 1 saturated carbocycles. The van der Waals surface area contributed by atoms with Crippen molar-refractivity contribution in [2.24, 2.45) is 5.92 Å². The van der Waals surface area contributed by atoms with E-state index in [1.54, 1.807) is 4.90 Å². The fourth-order valence-electron chi connectivity index (χ4n) is 3.29. The Kier molecular flexibility index (Phi) is 5.11. The zero-order valence-electron chi connectivity index (χ0n) is 14.1. The minimum absolute atomic E-state index is 0.0607. The highest BCUT2D eigenvalue weighted by Crippen LogP contribution is 2.32. The molecule has 1 aliphatic carbocycles. The largest absolute Gasteiger partial charge is 0.335 e. The van der Waals surface area contributed by atoms with E-state index in [9.17, 15) is 22.0 Å². The number of carbonyl (C=O) groups is 1. The lowest BCUT2D eigenvalue weighted by Crippen LogP contribution is -2.46. The molecule has 25 heavy (non-hydrogen) atoms. The molecule has 0 N–H and O–H groups in total. The Morgan fingerprint density at radius 2 is 2.00 bits per heavy atom. The Morgan fingerprint density at radius 3 is 2.60 bits per heavy atom. The van der Waals surface area contributed by atoms with Crippen molar-refractivity contribution < 1.29 is 22.0 Å². The summed E-state index contributed by atoms with van der Waals surface area (Å²) < 4.78 is 51.9. The van der Waals surface area contributed by atoms with Crippen LogP contribution >= 0.6 is 0 Å². The third-order valence-electron chi connectivity index (χ3n) is 4.83. The summed E-state index contributed by atoms with van der Waals surface area (Å²) in [5.74, 6) is -1.87. The van der Waals surface area contributed by atoms with Crippen molar-refractivity contribution >= 4 is 15.9 Å². The van der Waals surface area contributed by atoms with Gasteiger partial charge in [-0.1, -0.05) is 6.07 Å². The molecule has 1 aliphatic heterocycles. The van der Waals surface area contributed by atoms with Gasteiger partial charge in [-0.25, -0.2) is 21.5 Å². The van der Waals surface area contributed by atoms with Gasteiger partial charge < -0.3 is 4.90 Å². The molecule has 1 aromatic carbocycles. The second kappa shape index (κ2) is 6.99. The number of sulfonamides is 1. The van der Waals surface area contributed by atoms with Gasteiger partial charge in [0.25, 0.3) is 0 Å². The molecule has 0 radical (unpaired) electrons. The van der Waals surface area contributed by atoms with Gasteiger partial charge in [0.05, 0.1) is 12.2 Å². The van der Waals surface area contributed by atoms with Crippen LogP contribution in [-0.4, -0.2) is 48.9 Å². The monoisotopic (exact) mass is 372 g/mol. The van der Waals surface area contributed by atoms with Crippen LogP contribution in [0.5, 0.6) is 0 Å². The number of hydrogen-bond donors (Lipinski definition) is 0. The third kappa shape index (κ3) is 4.36. The minimum atomic E-state index is -3.33. The molecule has 0 aromatic heterocycles. The van der Waals surface area contributed by atoms with Crippen LogP contribution in [0, 0.1) is 17.6 Å². The molecule has 2 fully saturated rings. The highest BCUT2D eigenvalue weighted by molar-refractivity contribution is 7.88. The minimum Gasteiger partial charge on any atom is -0.335 e. The molecule has 1 atom stereocenters. The highest BCUT2D eigenvalue weighted by Gasteiger charge is 2.38. The molecule has 1 amide bonds. The van der Waals surface area contributed by atoms with E-state index in [1.807, 2.05) is 0 Å². The van der Waals surface area contributed by atoms with Gasteiger partial charge >= 0.3 is 0 Å². The van der Waals surface area contributed by atoms with Gasteiger partial charge in [0.15, 0.2) is 0 Å². The number of benzene rings is 1. The first-order valence-corrected chi connectivity index (χ1v) is 10.3. The number of piperidine rings is 1. The van der Waals surface area contributed by atoms with Gasteiger partial charge in [0.1, 0.15) is 11.6 Å². The molecular weight excluding hydrogens is 350 g/mol. The standard InChI is InChI=1S/C17H22F2N2O3S/c1-25(23,24)20-8-2-3-13(10-20)17(22)21(15-6-7-15)11-12-4-5-14(18)9-16(12)19/h4-5,9,13,15H,2-3,6-8,10-11H2,1H3. The third-order valence-corrected chi connectivity index (χ3v) is 6.10. The predicted octanol–water partition coefficient (Wildman–Crippen LogP) is 2.13. The summed E-state index contributed by atoms with van der Waals surface area (Å²) in [5.41, 5.74) is 0.275. The van der Waals surface area contributed by atoms with Crippen molar-refractivity contribution in [2.75, 3.05) is 19.3 Å². The number of halogens is 2. The summed E-state index contributed by atoms with van der Waals surface area (Å²) in [6.07, 6.45) is 4.12. The van der Waals surface area contributed by atoms with Crippen LogP contribution in [0.3, 0.4) is 0 Å². The maximum absolute atomic E-state index is 14.0. The molecule has 138 valence electrons. The van der Waals surface area contributed by atoms with E-state index in [4.69, 9.17) is 0 Å². The first-order valence-electron chi connectivity index (χ1n) is 8.45. The lowest BCUT2D eigenvalue weighted by molar-refractivity contribution is -0.138. The van der Waals surface area contributed by atoms with Crippen molar-refractivity contribution in [3.05, 3.63) is 35.4 Å². The Hall–Kier alpha value is -1.54. The average Bonchev–Trinajstić information content (AvgIpc) is 3.38. The molecule has 2 aliphatic rings. The van der Waals surface area contributed by atoms with Gasteiger partial charge in [-0.2, -0.15) is 0 Å². The van der Waals surface area contributed by atoms with Crippen molar-refractivity contribution in [2.45, 2.75) is 38.3 Å². The number of nitrogens with zero attached hydrogens (tertiary/aromatic N) is 2. The van der Waals surface area contributed by atoms with Crippen molar-refractivity contribution in [1.82, 2.24) is 9.21 Å². The quantitative estimate of drug-likeness (QED) is 0.796. The van der Waals surface area contributed by atoms with Crippen LogP contribution in [0.1, 0.15) is 31.2 Å². The van der Waals surface area contributed by atoms with E-state index in [-0.39, 0.29) is 30.6 Å². The highest BCUT2D eigenvalue weighted by atomic mass is 32.2. The van der Waals surface area contributed by atoms with Crippen LogP contribution in [0.25, 0.3) is 0 Å². The predicted molar refractivity (Wildman–Crippen MR) is 89.1 cm³/mol. The molecule has 3 rings (SSSR count). The summed E-state index contributed by atoms with van der Waals surface area (Å²) in [7, 11) is -3.33. The normalized spacial score (nSPS) is 22.0. The first-order chi connectivity index (χ1) is 11.8. The van der Waals surface area contributed by atoms with Crippen LogP contribution < -0.4 is 0 Å². The van der Waals surface area contributed by atoms with Crippen LogP contribution in [0.2, 0.25) is 0 Å². The van der Waals surface area contributed by atoms with Crippen LogP contribution in [0.4, 0.5) is 8.78 Å². The van der Waals surface area contributed by atoms with E-state index in [0.717, 1.165) is 25.2 Å². The van der Waals surface area contributed by atoms with E-state index in [0.29, 0.717) is 19.4 Å². The van der Waals surface area contributed by atoms with Gasteiger partial charge in [-0.05, 0) is 31.7 Å². The molecule has 0 spiro atoms. The van der Waals surface area contributed by atoms with Gasteiger partial charge in [0, 0.05) is 37.3 Å². The van der Waals surface area contributed by atoms with E-state index < -0.39 is 27.6 Å². The Bertz CT molecular complexity index is 765.